The molecule has 4 nitrogen and oxygen atoms in total. The molecule has 0 heterocycles. The summed E-state index contributed by atoms with van der Waals surface area (Å²) >= 11 is 11.8. The largest absolute Gasteiger partial charge is 0.481 e. The highest BCUT2D eigenvalue weighted by Crippen LogP contribution is 2.26. The normalized spacial score (nSPS) is 21.6. The Balaban J connectivity index is 1.90. The number of hydrogen-bond donors (Lipinski definition) is 2. The Morgan fingerprint density at radius 3 is 2.67 bits per heavy atom. The van der Waals surface area contributed by atoms with E-state index in [0.29, 0.717) is 34.9 Å². The number of carbonyl (C=O) groups excluding carboxylic acids is 1. The van der Waals surface area contributed by atoms with E-state index in [0.717, 1.165) is 0 Å². The Kier molecular flexibility index (Phi) is 5.26. The third-order valence-electron chi connectivity index (χ3n) is 3.51. The van der Waals surface area contributed by atoms with E-state index >= 15 is 0 Å². The second-order valence-electron chi connectivity index (χ2n) is 5.05. The van der Waals surface area contributed by atoms with Gasteiger partial charge in [0.1, 0.15) is 0 Å². The first-order chi connectivity index (χ1) is 9.95. The van der Waals surface area contributed by atoms with Gasteiger partial charge in [-0.1, -0.05) is 29.3 Å². The van der Waals surface area contributed by atoms with E-state index in [-0.39, 0.29) is 17.9 Å². The van der Waals surface area contributed by atoms with Crippen molar-refractivity contribution in [2.45, 2.75) is 25.3 Å². The van der Waals surface area contributed by atoms with Gasteiger partial charge in [-0.15, -0.1) is 0 Å². The van der Waals surface area contributed by atoms with Crippen molar-refractivity contribution in [3.8, 4) is 0 Å². The second-order valence-corrected chi connectivity index (χ2v) is 5.90. The van der Waals surface area contributed by atoms with Crippen molar-refractivity contribution in [3.05, 3.63) is 39.9 Å². The second kappa shape index (κ2) is 6.96. The van der Waals surface area contributed by atoms with Gasteiger partial charge in [0.25, 0.3) is 0 Å². The number of benzene rings is 1. The van der Waals surface area contributed by atoms with Gasteiger partial charge < -0.3 is 10.4 Å². The number of carbonyl (C=O) groups is 2. The average Bonchev–Trinajstić information content (AvgIpc) is 2.86. The molecule has 0 saturated heterocycles. The SMILES string of the molecule is O=C(/C=C/c1ccc(Cl)cc1Cl)N[C@H]1CC[C@@H](C(=O)O)C1. The van der Waals surface area contributed by atoms with Crippen LogP contribution in [-0.2, 0) is 9.59 Å². The van der Waals surface area contributed by atoms with Crippen LogP contribution < -0.4 is 5.32 Å². The predicted octanol–water partition coefficient (Wildman–Crippen LogP) is 3.38. The number of nitrogens with one attached hydrogen (secondary N) is 1. The quantitative estimate of drug-likeness (QED) is 0.833. The highest BCUT2D eigenvalue weighted by Gasteiger charge is 2.30. The molecule has 6 heteroatoms. The highest BCUT2D eigenvalue weighted by atomic mass is 35.5. The maximum atomic E-state index is 11.8. The van der Waals surface area contributed by atoms with Gasteiger partial charge in [-0.05, 0) is 43.0 Å². The number of amides is 1. The Labute approximate surface area is 132 Å². The molecule has 0 spiro atoms. The first kappa shape index (κ1) is 15.9. The molecule has 2 N–H and O–H groups in total. The van der Waals surface area contributed by atoms with Crippen LogP contribution in [0.15, 0.2) is 24.3 Å². The lowest BCUT2D eigenvalue weighted by Gasteiger charge is -2.10. The fourth-order valence-electron chi connectivity index (χ4n) is 2.39. The minimum atomic E-state index is -0.796. The molecule has 112 valence electrons. The minimum absolute atomic E-state index is 0.0797. The van der Waals surface area contributed by atoms with Crippen LogP contribution in [0.4, 0.5) is 0 Å². The summed E-state index contributed by atoms with van der Waals surface area (Å²) in [5.41, 5.74) is 0.700. The van der Waals surface area contributed by atoms with Gasteiger partial charge in [-0.2, -0.15) is 0 Å². The van der Waals surface area contributed by atoms with Crippen LogP contribution in [0.2, 0.25) is 10.0 Å². The van der Waals surface area contributed by atoms with Gasteiger partial charge in [0, 0.05) is 22.2 Å². The fraction of sp³-hybridized carbons (Fsp3) is 0.333. The monoisotopic (exact) mass is 327 g/mol. The van der Waals surface area contributed by atoms with Gasteiger partial charge in [0.2, 0.25) is 5.91 Å². The smallest absolute Gasteiger partial charge is 0.306 e. The Hall–Kier alpha value is -1.52. The zero-order valence-corrected chi connectivity index (χ0v) is 12.7. The van der Waals surface area contributed by atoms with Crippen molar-refractivity contribution in [1.29, 1.82) is 0 Å². The van der Waals surface area contributed by atoms with Crippen molar-refractivity contribution >= 4 is 41.2 Å². The third kappa shape index (κ3) is 4.48. The number of rotatable bonds is 4. The standard InChI is InChI=1S/C15H15Cl2NO3/c16-11-4-1-9(13(17)8-11)3-6-14(19)18-12-5-2-10(7-12)15(20)21/h1,3-4,6,8,10,12H,2,5,7H2,(H,18,19)(H,20,21)/b6-3+/t10-,12+/m1/s1. The maximum Gasteiger partial charge on any atom is 0.306 e. The van der Waals surface area contributed by atoms with E-state index in [1.54, 1.807) is 24.3 Å². The van der Waals surface area contributed by atoms with E-state index < -0.39 is 5.97 Å². The van der Waals surface area contributed by atoms with Crippen LogP contribution in [0.5, 0.6) is 0 Å². The zero-order valence-electron chi connectivity index (χ0n) is 11.2. The van der Waals surface area contributed by atoms with Gasteiger partial charge >= 0.3 is 5.97 Å². The van der Waals surface area contributed by atoms with Crippen LogP contribution in [0, 0.1) is 5.92 Å². The summed E-state index contributed by atoms with van der Waals surface area (Å²) in [7, 11) is 0. The number of aliphatic carboxylic acids is 1. The molecule has 0 aliphatic heterocycles. The Bertz CT molecular complexity index is 586. The van der Waals surface area contributed by atoms with Crippen LogP contribution in [0.3, 0.4) is 0 Å². The lowest BCUT2D eigenvalue weighted by atomic mass is 10.1. The van der Waals surface area contributed by atoms with E-state index in [4.69, 9.17) is 28.3 Å². The topological polar surface area (TPSA) is 66.4 Å². The highest BCUT2D eigenvalue weighted by molar-refractivity contribution is 6.35. The average molecular weight is 328 g/mol. The van der Waals surface area contributed by atoms with E-state index in [2.05, 4.69) is 5.32 Å². The van der Waals surface area contributed by atoms with Crippen molar-refractivity contribution in [1.82, 2.24) is 5.32 Å². The molecule has 0 aromatic heterocycles. The van der Waals surface area contributed by atoms with E-state index in [1.807, 2.05) is 0 Å². The molecule has 1 aliphatic rings. The molecular weight excluding hydrogens is 313 g/mol. The van der Waals surface area contributed by atoms with Crippen LogP contribution in [0.25, 0.3) is 6.08 Å². The molecule has 1 amide bonds. The Morgan fingerprint density at radius 2 is 2.05 bits per heavy atom. The van der Waals surface area contributed by atoms with Crippen LogP contribution in [0.1, 0.15) is 24.8 Å². The molecule has 2 rings (SSSR count). The lowest BCUT2D eigenvalue weighted by molar-refractivity contribution is -0.141. The van der Waals surface area contributed by atoms with Crippen molar-refractivity contribution in [2.24, 2.45) is 5.92 Å². The maximum absolute atomic E-state index is 11.8. The summed E-state index contributed by atoms with van der Waals surface area (Å²) in [6.45, 7) is 0. The number of carboxylic acid groups (broad SMARTS) is 1. The molecule has 1 aromatic carbocycles. The minimum Gasteiger partial charge on any atom is -0.481 e. The molecule has 2 atom stereocenters. The van der Waals surface area contributed by atoms with Crippen molar-refractivity contribution < 1.29 is 14.7 Å². The van der Waals surface area contributed by atoms with Gasteiger partial charge in [-0.25, -0.2) is 0 Å². The zero-order chi connectivity index (χ0) is 15.4. The fourth-order valence-corrected chi connectivity index (χ4v) is 2.86. The first-order valence-electron chi connectivity index (χ1n) is 6.62. The molecule has 1 fully saturated rings. The molecule has 21 heavy (non-hydrogen) atoms. The lowest BCUT2D eigenvalue weighted by Crippen LogP contribution is -2.31. The summed E-state index contributed by atoms with van der Waals surface area (Å²) in [5.74, 6) is -1.41. The molecule has 1 aliphatic carbocycles. The van der Waals surface area contributed by atoms with Crippen molar-refractivity contribution in [2.75, 3.05) is 0 Å². The molecule has 0 unspecified atom stereocenters. The number of carboxylic acids is 1. The summed E-state index contributed by atoms with van der Waals surface area (Å²) in [4.78, 5) is 22.7. The predicted molar refractivity (Wildman–Crippen MR) is 82.4 cm³/mol. The van der Waals surface area contributed by atoms with Gasteiger partial charge in [0.05, 0.1) is 5.92 Å². The van der Waals surface area contributed by atoms with Gasteiger partial charge in [-0.3, -0.25) is 9.59 Å². The number of halogens is 2. The summed E-state index contributed by atoms with van der Waals surface area (Å²) in [6.07, 6.45) is 4.78. The number of hydrogen-bond acceptors (Lipinski definition) is 2. The van der Waals surface area contributed by atoms with E-state index in [1.165, 1.54) is 6.08 Å². The van der Waals surface area contributed by atoms with Crippen LogP contribution in [-0.4, -0.2) is 23.0 Å². The van der Waals surface area contributed by atoms with Crippen molar-refractivity contribution in [3.63, 3.8) is 0 Å². The van der Waals surface area contributed by atoms with E-state index in [9.17, 15) is 9.59 Å². The molecule has 1 aromatic rings. The molecular formula is C15H15Cl2NO3. The first-order valence-corrected chi connectivity index (χ1v) is 7.37. The molecule has 0 radical (unpaired) electrons. The Morgan fingerprint density at radius 1 is 1.29 bits per heavy atom. The molecule has 0 bridgehead atoms. The van der Waals surface area contributed by atoms with Crippen LogP contribution >= 0.6 is 23.2 Å². The third-order valence-corrected chi connectivity index (χ3v) is 4.07. The summed E-state index contributed by atoms with van der Waals surface area (Å²) in [5, 5.41) is 12.7. The molecule has 1 saturated carbocycles. The summed E-state index contributed by atoms with van der Waals surface area (Å²) < 4.78 is 0. The summed E-state index contributed by atoms with van der Waals surface area (Å²) in [6, 6.07) is 4.95. The van der Waals surface area contributed by atoms with Gasteiger partial charge in [0.15, 0.2) is 0 Å².